The van der Waals surface area contributed by atoms with E-state index in [0.29, 0.717) is 31.8 Å². The van der Waals surface area contributed by atoms with E-state index in [9.17, 15) is 13.2 Å². The highest BCUT2D eigenvalue weighted by atomic mass is 32.2. The molecule has 0 radical (unpaired) electrons. The van der Waals surface area contributed by atoms with Gasteiger partial charge in [-0.2, -0.15) is 0 Å². The molecule has 2 saturated heterocycles. The van der Waals surface area contributed by atoms with Crippen LogP contribution >= 0.6 is 0 Å². The third-order valence-corrected chi connectivity index (χ3v) is 6.35. The van der Waals surface area contributed by atoms with Crippen molar-refractivity contribution in [3.63, 3.8) is 0 Å². The molecule has 0 aromatic heterocycles. The Hall–Kier alpha value is -0.660. The average molecular weight is 317 g/mol. The number of nitrogens with zero attached hydrogens (tertiary/aromatic N) is 1. The third-order valence-electron chi connectivity index (χ3n) is 4.40. The number of carbonyl (C=O) groups is 1. The molecule has 6 nitrogen and oxygen atoms in total. The lowest BCUT2D eigenvalue weighted by molar-refractivity contribution is -0.122. The Morgan fingerprint density at radius 3 is 2.71 bits per heavy atom. The summed E-state index contributed by atoms with van der Waals surface area (Å²) in [4.78, 5) is 11.9. The number of nitrogens with one attached hydrogen (secondary N) is 2. The molecular weight excluding hydrogens is 290 g/mol. The van der Waals surface area contributed by atoms with Gasteiger partial charge in [0.2, 0.25) is 15.9 Å². The first kappa shape index (κ1) is 16.7. The predicted molar refractivity (Wildman–Crippen MR) is 82.4 cm³/mol. The predicted octanol–water partition coefficient (Wildman–Crippen LogP) is 0.306. The Labute approximate surface area is 127 Å². The topological polar surface area (TPSA) is 78.5 Å². The summed E-state index contributed by atoms with van der Waals surface area (Å²) in [6, 6.07) is 0.217. The molecule has 0 aliphatic carbocycles. The van der Waals surface area contributed by atoms with E-state index < -0.39 is 10.0 Å². The molecule has 2 atom stereocenters. The summed E-state index contributed by atoms with van der Waals surface area (Å²) in [5.74, 6) is 0.490. The number of rotatable bonds is 6. The Kier molecular flexibility index (Phi) is 6.01. The summed E-state index contributed by atoms with van der Waals surface area (Å²) < 4.78 is 25.6. The van der Waals surface area contributed by atoms with Gasteiger partial charge in [-0.15, -0.1) is 0 Å². The van der Waals surface area contributed by atoms with Gasteiger partial charge < -0.3 is 10.6 Å². The molecule has 0 aromatic carbocycles. The Morgan fingerprint density at radius 1 is 1.33 bits per heavy atom. The first-order valence-electron chi connectivity index (χ1n) is 7.97. The zero-order valence-electron chi connectivity index (χ0n) is 12.8. The summed E-state index contributed by atoms with van der Waals surface area (Å²) in [6.07, 6.45) is 3.55. The SMILES string of the molecule is CC1CNCCC1NC(=O)CCCS(=O)(=O)N1CCCC1. The van der Waals surface area contributed by atoms with Gasteiger partial charge in [0.15, 0.2) is 0 Å². The molecule has 2 heterocycles. The van der Waals surface area contributed by atoms with Gasteiger partial charge in [0.25, 0.3) is 0 Å². The third kappa shape index (κ3) is 4.93. The maximum absolute atomic E-state index is 12.0. The summed E-state index contributed by atoms with van der Waals surface area (Å²) in [5, 5.41) is 6.33. The summed E-state index contributed by atoms with van der Waals surface area (Å²) in [7, 11) is -3.16. The standard InChI is InChI=1S/C14H27N3O3S/c1-12-11-15-7-6-13(12)16-14(18)5-4-10-21(19,20)17-8-2-3-9-17/h12-13,15H,2-11H2,1H3,(H,16,18). The van der Waals surface area contributed by atoms with Crippen LogP contribution in [0.4, 0.5) is 0 Å². The monoisotopic (exact) mass is 317 g/mol. The summed E-state index contributed by atoms with van der Waals surface area (Å²) in [5.41, 5.74) is 0. The van der Waals surface area contributed by atoms with Gasteiger partial charge in [-0.25, -0.2) is 12.7 Å². The van der Waals surface area contributed by atoms with Crippen molar-refractivity contribution in [1.82, 2.24) is 14.9 Å². The minimum atomic E-state index is -3.16. The van der Waals surface area contributed by atoms with Gasteiger partial charge in [0.1, 0.15) is 0 Å². The minimum Gasteiger partial charge on any atom is -0.353 e. The second kappa shape index (κ2) is 7.56. The van der Waals surface area contributed by atoms with Crippen LogP contribution in [0, 0.1) is 5.92 Å². The second-order valence-corrected chi connectivity index (χ2v) is 8.26. The highest BCUT2D eigenvalue weighted by Gasteiger charge is 2.26. The first-order valence-corrected chi connectivity index (χ1v) is 9.58. The smallest absolute Gasteiger partial charge is 0.220 e. The lowest BCUT2D eigenvalue weighted by Crippen LogP contribution is -2.48. The molecule has 1 amide bonds. The van der Waals surface area contributed by atoms with Crippen LogP contribution in [-0.4, -0.2) is 56.6 Å². The Bertz CT molecular complexity index is 446. The van der Waals surface area contributed by atoms with Gasteiger partial charge in [-0.3, -0.25) is 4.79 Å². The maximum Gasteiger partial charge on any atom is 0.220 e. The maximum atomic E-state index is 12.0. The summed E-state index contributed by atoms with van der Waals surface area (Å²) >= 11 is 0. The van der Waals surface area contributed by atoms with Crippen molar-refractivity contribution < 1.29 is 13.2 Å². The van der Waals surface area contributed by atoms with Gasteiger partial charge in [-0.1, -0.05) is 6.92 Å². The number of carbonyl (C=O) groups excluding carboxylic acids is 1. The zero-order valence-corrected chi connectivity index (χ0v) is 13.6. The van der Waals surface area contributed by atoms with Crippen LogP contribution < -0.4 is 10.6 Å². The molecule has 2 rings (SSSR count). The fourth-order valence-corrected chi connectivity index (χ4v) is 4.60. The lowest BCUT2D eigenvalue weighted by atomic mass is 9.95. The molecule has 0 bridgehead atoms. The molecule has 7 heteroatoms. The minimum absolute atomic E-state index is 0.0228. The van der Waals surface area contributed by atoms with Crippen LogP contribution in [-0.2, 0) is 14.8 Å². The molecule has 2 aliphatic heterocycles. The molecular formula is C14H27N3O3S. The van der Waals surface area contributed by atoms with E-state index in [0.717, 1.165) is 32.4 Å². The first-order chi connectivity index (χ1) is 9.99. The summed E-state index contributed by atoms with van der Waals surface area (Å²) in [6.45, 7) is 5.25. The molecule has 122 valence electrons. The second-order valence-electron chi connectivity index (χ2n) is 6.17. The van der Waals surface area contributed by atoms with E-state index >= 15 is 0 Å². The Morgan fingerprint density at radius 2 is 2.05 bits per heavy atom. The van der Waals surface area contributed by atoms with Crippen molar-refractivity contribution in [3.8, 4) is 0 Å². The van der Waals surface area contributed by atoms with E-state index in [-0.39, 0.29) is 17.7 Å². The van der Waals surface area contributed by atoms with Crippen molar-refractivity contribution in [2.45, 2.75) is 45.1 Å². The zero-order chi connectivity index (χ0) is 15.3. The number of sulfonamides is 1. The number of hydrogen-bond acceptors (Lipinski definition) is 4. The lowest BCUT2D eigenvalue weighted by Gasteiger charge is -2.30. The van der Waals surface area contributed by atoms with E-state index in [1.165, 1.54) is 0 Å². The van der Waals surface area contributed by atoms with Crippen LogP contribution in [0.25, 0.3) is 0 Å². The number of piperidine rings is 1. The van der Waals surface area contributed by atoms with Crippen LogP contribution in [0.2, 0.25) is 0 Å². The van der Waals surface area contributed by atoms with E-state index in [1.807, 2.05) is 0 Å². The molecule has 0 spiro atoms. The van der Waals surface area contributed by atoms with Crippen molar-refractivity contribution in [1.29, 1.82) is 0 Å². The fourth-order valence-electron chi connectivity index (χ4n) is 3.02. The fraction of sp³-hybridized carbons (Fsp3) is 0.929. The van der Waals surface area contributed by atoms with Crippen molar-refractivity contribution in [3.05, 3.63) is 0 Å². The highest BCUT2D eigenvalue weighted by molar-refractivity contribution is 7.89. The van der Waals surface area contributed by atoms with Crippen molar-refractivity contribution in [2.24, 2.45) is 5.92 Å². The Balaban J connectivity index is 1.69. The largest absolute Gasteiger partial charge is 0.353 e. The van der Waals surface area contributed by atoms with Crippen molar-refractivity contribution >= 4 is 15.9 Å². The normalized spacial score (nSPS) is 27.7. The van der Waals surface area contributed by atoms with Gasteiger partial charge in [0, 0.05) is 25.6 Å². The van der Waals surface area contributed by atoms with Crippen LogP contribution in [0.15, 0.2) is 0 Å². The van der Waals surface area contributed by atoms with Crippen LogP contribution in [0.3, 0.4) is 0 Å². The van der Waals surface area contributed by atoms with Crippen LogP contribution in [0.5, 0.6) is 0 Å². The molecule has 2 N–H and O–H groups in total. The molecule has 0 saturated carbocycles. The average Bonchev–Trinajstić information content (AvgIpc) is 2.96. The molecule has 0 aromatic rings. The molecule has 2 fully saturated rings. The van der Waals surface area contributed by atoms with Crippen LogP contribution in [0.1, 0.15) is 39.0 Å². The number of hydrogen-bond donors (Lipinski definition) is 2. The van der Waals surface area contributed by atoms with Gasteiger partial charge >= 0.3 is 0 Å². The quantitative estimate of drug-likeness (QED) is 0.739. The highest BCUT2D eigenvalue weighted by Crippen LogP contribution is 2.14. The van der Waals surface area contributed by atoms with Gasteiger partial charge in [0.05, 0.1) is 5.75 Å². The molecule has 2 unspecified atom stereocenters. The van der Waals surface area contributed by atoms with E-state index in [4.69, 9.17) is 0 Å². The number of amides is 1. The van der Waals surface area contributed by atoms with E-state index in [1.54, 1.807) is 4.31 Å². The van der Waals surface area contributed by atoms with E-state index in [2.05, 4.69) is 17.6 Å². The molecule has 21 heavy (non-hydrogen) atoms. The van der Waals surface area contributed by atoms with Gasteiger partial charge in [-0.05, 0) is 44.7 Å². The molecule has 2 aliphatic rings. The van der Waals surface area contributed by atoms with Crippen molar-refractivity contribution in [2.75, 3.05) is 31.9 Å².